The van der Waals surface area contributed by atoms with E-state index in [1.54, 1.807) is 0 Å². The minimum Gasteiger partial charge on any atom is -0.298 e. The van der Waals surface area contributed by atoms with E-state index < -0.39 is 0 Å². The van der Waals surface area contributed by atoms with Crippen LogP contribution < -0.4 is 10.5 Å². The van der Waals surface area contributed by atoms with Crippen molar-refractivity contribution < 1.29 is 0 Å². The summed E-state index contributed by atoms with van der Waals surface area (Å²) in [5.41, 5.74) is 4.27. The first-order valence-electron chi connectivity index (χ1n) is 10.8. The highest BCUT2D eigenvalue weighted by Gasteiger charge is 2.31. The average Bonchev–Trinajstić information content (AvgIpc) is 2.74. The second-order valence-corrected chi connectivity index (χ2v) is 8.17. The second kappa shape index (κ2) is 8.08. The molecule has 150 valence electrons. The molecule has 5 heteroatoms. The second-order valence-electron chi connectivity index (χ2n) is 8.17. The van der Waals surface area contributed by atoms with E-state index in [1.165, 1.54) is 37.7 Å². The summed E-state index contributed by atoms with van der Waals surface area (Å²) in [5.74, 6) is 0.788. The summed E-state index contributed by atoms with van der Waals surface area (Å²) in [7, 11) is 0. The van der Waals surface area contributed by atoms with Gasteiger partial charge in [-0.05, 0) is 50.3 Å². The van der Waals surface area contributed by atoms with Crippen LogP contribution in [0.25, 0.3) is 0 Å². The molecule has 1 aliphatic heterocycles. The third-order valence-electron chi connectivity index (χ3n) is 6.44. The Bertz CT molecular complexity index is 881. The zero-order valence-electron chi connectivity index (χ0n) is 17.4. The van der Waals surface area contributed by atoms with Crippen LogP contribution in [-0.2, 0) is 19.5 Å². The van der Waals surface area contributed by atoms with Gasteiger partial charge in [-0.25, -0.2) is 4.98 Å². The lowest BCUT2D eigenvalue weighted by Crippen LogP contribution is -2.52. The number of anilines is 2. The molecule has 0 radical (unpaired) electrons. The normalized spacial score (nSPS) is 18.3. The van der Waals surface area contributed by atoms with E-state index in [2.05, 4.69) is 41.0 Å². The summed E-state index contributed by atoms with van der Waals surface area (Å²) < 4.78 is 1.90. The third kappa shape index (κ3) is 3.48. The quantitative estimate of drug-likeness (QED) is 0.789. The van der Waals surface area contributed by atoms with E-state index in [0.717, 1.165) is 42.4 Å². The maximum Gasteiger partial charge on any atom is 0.259 e. The van der Waals surface area contributed by atoms with Gasteiger partial charge in [0.2, 0.25) is 5.95 Å². The zero-order chi connectivity index (χ0) is 19.7. The van der Waals surface area contributed by atoms with Crippen LogP contribution in [-0.4, -0.2) is 27.2 Å². The Balaban J connectivity index is 1.78. The molecule has 0 unspecified atom stereocenters. The minimum atomic E-state index is 0.126. The molecule has 0 atom stereocenters. The molecule has 1 aliphatic carbocycles. The Morgan fingerprint density at radius 3 is 2.36 bits per heavy atom. The van der Waals surface area contributed by atoms with Crippen molar-refractivity contribution in [2.45, 2.75) is 78.4 Å². The van der Waals surface area contributed by atoms with Gasteiger partial charge in [-0.2, -0.15) is 0 Å². The molecule has 28 heavy (non-hydrogen) atoms. The Morgan fingerprint density at radius 2 is 1.71 bits per heavy atom. The summed E-state index contributed by atoms with van der Waals surface area (Å²) in [4.78, 5) is 22.8. The Labute approximate surface area is 168 Å². The van der Waals surface area contributed by atoms with Gasteiger partial charge >= 0.3 is 0 Å². The summed E-state index contributed by atoms with van der Waals surface area (Å²) in [6, 6.07) is 9.26. The first-order chi connectivity index (χ1) is 13.6. The molecular formula is C23H32N4O. The lowest BCUT2D eigenvalue weighted by molar-refractivity contribution is 0.107. The Kier molecular flexibility index (Phi) is 5.54. The summed E-state index contributed by atoms with van der Waals surface area (Å²) in [6.45, 7) is 7.64. The average molecular weight is 381 g/mol. The molecule has 1 fully saturated rings. The van der Waals surface area contributed by atoms with E-state index in [0.29, 0.717) is 12.7 Å². The lowest BCUT2D eigenvalue weighted by Gasteiger charge is -2.43. The van der Waals surface area contributed by atoms with Gasteiger partial charge in [-0.15, -0.1) is 0 Å². The summed E-state index contributed by atoms with van der Waals surface area (Å²) in [6.07, 6.45) is 8.14. The molecule has 2 aliphatic rings. The summed E-state index contributed by atoms with van der Waals surface area (Å²) in [5, 5.41) is 0. The molecule has 0 amide bonds. The van der Waals surface area contributed by atoms with E-state index >= 15 is 0 Å². The topological polar surface area (TPSA) is 41.4 Å². The predicted molar refractivity (Wildman–Crippen MR) is 114 cm³/mol. The van der Waals surface area contributed by atoms with Gasteiger partial charge in [0.25, 0.3) is 5.56 Å². The number of aryl methyl sites for hydroxylation is 2. The SMILES string of the molecule is CCc1ccc(N2CN(C3CCCCC3)Cn3c2nc(C)c(CC)c3=O)cc1. The molecule has 1 saturated carbocycles. The Hall–Kier alpha value is -2.14. The van der Waals surface area contributed by atoms with Gasteiger partial charge in [0.1, 0.15) is 0 Å². The summed E-state index contributed by atoms with van der Waals surface area (Å²) >= 11 is 0. The van der Waals surface area contributed by atoms with Crippen LogP contribution >= 0.6 is 0 Å². The standard InChI is InChI=1S/C23H32N4O/c1-4-18-11-13-20(14-12-18)26-15-25(19-9-7-6-8-10-19)16-27-22(28)21(5-2)17(3)24-23(26)27/h11-14,19H,4-10,15-16H2,1-3H3. The van der Waals surface area contributed by atoms with E-state index in [1.807, 2.05) is 18.4 Å². The molecule has 1 aromatic heterocycles. The largest absolute Gasteiger partial charge is 0.298 e. The molecule has 0 saturated heterocycles. The lowest BCUT2D eigenvalue weighted by atomic mass is 9.94. The zero-order valence-corrected chi connectivity index (χ0v) is 17.4. The minimum absolute atomic E-state index is 0.126. The molecule has 2 aromatic rings. The molecule has 4 rings (SSSR count). The number of rotatable bonds is 4. The highest BCUT2D eigenvalue weighted by Crippen LogP contribution is 2.31. The highest BCUT2D eigenvalue weighted by atomic mass is 16.1. The number of hydrogen-bond donors (Lipinski definition) is 0. The smallest absolute Gasteiger partial charge is 0.259 e. The van der Waals surface area contributed by atoms with Crippen molar-refractivity contribution in [1.29, 1.82) is 0 Å². The third-order valence-corrected chi connectivity index (χ3v) is 6.44. The van der Waals surface area contributed by atoms with Crippen molar-refractivity contribution in [3.8, 4) is 0 Å². The fourth-order valence-electron chi connectivity index (χ4n) is 4.68. The molecule has 1 aromatic carbocycles. The Morgan fingerprint density at radius 1 is 1.00 bits per heavy atom. The molecule has 0 bridgehead atoms. The van der Waals surface area contributed by atoms with Crippen molar-refractivity contribution in [3.63, 3.8) is 0 Å². The first-order valence-corrected chi connectivity index (χ1v) is 10.8. The van der Waals surface area contributed by atoms with Crippen LogP contribution in [0.1, 0.15) is 62.8 Å². The number of benzene rings is 1. The van der Waals surface area contributed by atoms with Gasteiger partial charge in [-0.1, -0.05) is 45.2 Å². The van der Waals surface area contributed by atoms with Crippen LogP contribution in [0.4, 0.5) is 11.6 Å². The first kappa shape index (κ1) is 19.2. The highest BCUT2D eigenvalue weighted by molar-refractivity contribution is 5.59. The molecular weight excluding hydrogens is 348 g/mol. The van der Waals surface area contributed by atoms with Gasteiger partial charge in [0.15, 0.2) is 0 Å². The van der Waals surface area contributed by atoms with Crippen molar-refractivity contribution in [2.75, 3.05) is 11.6 Å². The number of aromatic nitrogens is 2. The molecule has 0 N–H and O–H groups in total. The predicted octanol–water partition coefficient (Wildman–Crippen LogP) is 4.38. The van der Waals surface area contributed by atoms with Crippen molar-refractivity contribution >= 4 is 11.6 Å². The van der Waals surface area contributed by atoms with Gasteiger partial charge in [0, 0.05) is 23.0 Å². The number of fused-ring (bicyclic) bond motifs is 1. The molecule has 0 spiro atoms. The maximum absolute atomic E-state index is 13.2. The van der Waals surface area contributed by atoms with Crippen molar-refractivity contribution in [3.05, 3.63) is 51.4 Å². The molecule has 2 heterocycles. The van der Waals surface area contributed by atoms with Crippen LogP contribution in [0.15, 0.2) is 29.1 Å². The fraction of sp³-hybridized carbons (Fsp3) is 0.565. The maximum atomic E-state index is 13.2. The number of hydrogen-bond acceptors (Lipinski definition) is 4. The van der Waals surface area contributed by atoms with E-state index in [4.69, 9.17) is 4.98 Å². The van der Waals surface area contributed by atoms with E-state index in [9.17, 15) is 4.79 Å². The van der Waals surface area contributed by atoms with Crippen LogP contribution in [0.3, 0.4) is 0 Å². The number of nitrogens with zero attached hydrogens (tertiary/aromatic N) is 4. The van der Waals surface area contributed by atoms with E-state index in [-0.39, 0.29) is 5.56 Å². The van der Waals surface area contributed by atoms with Crippen molar-refractivity contribution in [2.24, 2.45) is 0 Å². The van der Waals surface area contributed by atoms with Crippen LogP contribution in [0, 0.1) is 6.92 Å². The van der Waals surface area contributed by atoms with Gasteiger partial charge in [-0.3, -0.25) is 19.2 Å². The van der Waals surface area contributed by atoms with Gasteiger partial charge < -0.3 is 0 Å². The van der Waals surface area contributed by atoms with Crippen LogP contribution in [0.5, 0.6) is 0 Å². The van der Waals surface area contributed by atoms with Gasteiger partial charge in [0.05, 0.1) is 13.3 Å². The molecule has 5 nitrogen and oxygen atoms in total. The fourth-order valence-corrected chi connectivity index (χ4v) is 4.68. The van der Waals surface area contributed by atoms with Crippen LogP contribution in [0.2, 0.25) is 0 Å². The monoisotopic (exact) mass is 380 g/mol. The van der Waals surface area contributed by atoms with Crippen molar-refractivity contribution in [1.82, 2.24) is 14.5 Å².